The average Bonchev–Trinajstić information content (AvgIpc) is 2.41. The lowest BCUT2D eigenvalue weighted by atomic mass is 9.90. The van der Waals surface area contributed by atoms with E-state index in [9.17, 15) is 9.18 Å². The van der Waals surface area contributed by atoms with Gasteiger partial charge in [0, 0.05) is 21.3 Å². The predicted molar refractivity (Wildman–Crippen MR) is 83.0 cm³/mol. The molecule has 6 heteroatoms. The number of amides is 1. The highest BCUT2D eigenvalue weighted by atomic mass is 35.5. The van der Waals surface area contributed by atoms with Crippen LogP contribution in [0, 0.1) is 5.82 Å². The molecule has 0 aliphatic carbocycles. The van der Waals surface area contributed by atoms with E-state index in [0.717, 1.165) is 6.07 Å². The van der Waals surface area contributed by atoms with Gasteiger partial charge >= 0.3 is 0 Å². The maximum Gasteiger partial charge on any atom is 0.247 e. The van der Waals surface area contributed by atoms with Crippen LogP contribution in [-0.2, 0) is 10.3 Å². The van der Waals surface area contributed by atoms with Crippen molar-refractivity contribution in [2.24, 2.45) is 5.73 Å². The first kappa shape index (κ1) is 15.6. The smallest absolute Gasteiger partial charge is 0.247 e. The van der Waals surface area contributed by atoms with Crippen LogP contribution in [-0.4, -0.2) is 5.91 Å². The van der Waals surface area contributed by atoms with Gasteiger partial charge in [-0.15, -0.1) is 0 Å². The molecule has 2 aromatic carbocycles. The van der Waals surface area contributed by atoms with Crippen LogP contribution >= 0.6 is 23.2 Å². The molecule has 0 saturated carbocycles. The van der Waals surface area contributed by atoms with Crippen molar-refractivity contribution in [3.63, 3.8) is 0 Å². The van der Waals surface area contributed by atoms with E-state index in [1.54, 1.807) is 31.2 Å². The standard InChI is InChI=1S/C15H13Cl2FN2O/c1-15(14(19)21,12-7-4-10(18)8-13(12)17)20-11-5-2-9(16)3-6-11/h2-8,20H,1H3,(H2,19,21). The van der Waals surface area contributed by atoms with Gasteiger partial charge < -0.3 is 11.1 Å². The second-order valence-corrected chi connectivity index (χ2v) is 5.59. The molecule has 110 valence electrons. The quantitative estimate of drug-likeness (QED) is 0.893. The number of hydrogen-bond donors (Lipinski definition) is 2. The molecule has 1 amide bonds. The number of primary amides is 1. The van der Waals surface area contributed by atoms with Gasteiger partial charge in [-0.1, -0.05) is 29.3 Å². The van der Waals surface area contributed by atoms with E-state index in [4.69, 9.17) is 28.9 Å². The summed E-state index contributed by atoms with van der Waals surface area (Å²) in [4.78, 5) is 11.9. The number of benzene rings is 2. The highest BCUT2D eigenvalue weighted by Crippen LogP contribution is 2.32. The summed E-state index contributed by atoms with van der Waals surface area (Å²) in [5.41, 5.74) is 5.26. The third kappa shape index (κ3) is 3.28. The first-order valence-corrected chi connectivity index (χ1v) is 6.88. The Morgan fingerprint density at radius 3 is 2.33 bits per heavy atom. The van der Waals surface area contributed by atoms with E-state index in [2.05, 4.69) is 5.32 Å². The van der Waals surface area contributed by atoms with E-state index in [1.165, 1.54) is 12.1 Å². The first-order chi connectivity index (χ1) is 9.83. The summed E-state index contributed by atoms with van der Waals surface area (Å²) in [7, 11) is 0. The number of nitrogens with one attached hydrogen (secondary N) is 1. The Morgan fingerprint density at radius 2 is 1.81 bits per heavy atom. The fourth-order valence-corrected chi connectivity index (χ4v) is 2.46. The summed E-state index contributed by atoms with van der Waals surface area (Å²) < 4.78 is 13.2. The van der Waals surface area contributed by atoms with Crippen molar-refractivity contribution >= 4 is 34.8 Å². The molecule has 3 nitrogen and oxygen atoms in total. The Labute approximate surface area is 131 Å². The summed E-state index contributed by atoms with van der Waals surface area (Å²) in [6, 6.07) is 10.6. The average molecular weight is 327 g/mol. The Kier molecular flexibility index (Phi) is 4.40. The molecule has 1 unspecified atom stereocenters. The van der Waals surface area contributed by atoms with Crippen molar-refractivity contribution in [3.05, 3.63) is 63.9 Å². The van der Waals surface area contributed by atoms with E-state index in [-0.39, 0.29) is 5.02 Å². The summed E-state index contributed by atoms with van der Waals surface area (Å²) in [6.07, 6.45) is 0. The van der Waals surface area contributed by atoms with E-state index in [1.807, 2.05) is 0 Å². The van der Waals surface area contributed by atoms with Gasteiger partial charge in [0.25, 0.3) is 0 Å². The maximum absolute atomic E-state index is 13.2. The number of hydrogen-bond acceptors (Lipinski definition) is 2. The van der Waals surface area contributed by atoms with E-state index >= 15 is 0 Å². The van der Waals surface area contributed by atoms with Crippen LogP contribution in [0.1, 0.15) is 12.5 Å². The van der Waals surface area contributed by atoms with Crippen LogP contribution in [0.4, 0.5) is 10.1 Å². The lowest BCUT2D eigenvalue weighted by molar-refractivity contribution is -0.122. The summed E-state index contributed by atoms with van der Waals surface area (Å²) >= 11 is 11.9. The minimum atomic E-state index is -1.28. The predicted octanol–water partition coefficient (Wildman–Crippen LogP) is 3.95. The van der Waals surface area contributed by atoms with Gasteiger partial charge in [0.2, 0.25) is 5.91 Å². The molecular formula is C15H13Cl2FN2O. The Hall–Kier alpha value is -1.78. The zero-order valence-corrected chi connectivity index (χ0v) is 12.7. The molecular weight excluding hydrogens is 314 g/mol. The van der Waals surface area contributed by atoms with Crippen molar-refractivity contribution in [2.45, 2.75) is 12.5 Å². The zero-order chi connectivity index (χ0) is 15.6. The topological polar surface area (TPSA) is 55.1 Å². The first-order valence-electron chi connectivity index (χ1n) is 6.12. The molecule has 2 aromatic rings. The fraction of sp³-hybridized carbons (Fsp3) is 0.133. The van der Waals surface area contributed by atoms with Gasteiger partial charge in [-0.2, -0.15) is 0 Å². The minimum Gasteiger partial charge on any atom is -0.368 e. The molecule has 0 aliphatic heterocycles. The van der Waals surface area contributed by atoms with Crippen LogP contribution in [0.5, 0.6) is 0 Å². The summed E-state index contributed by atoms with van der Waals surface area (Å²) in [5.74, 6) is -1.12. The second kappa shape index (κ2) is 5.92. The third-order valence-electron chi connectivity index (χ3n) is 3.20. The molecule has 0 radical (unpaired) electrons. The van der Waals surface area contributed by atoms with Crippen LogP contribution < -0.4 is 11.1 Å². The number of nitrogens with two attached hydrogens (primary N) is 1. The molecule has 0 saturated heterocycles. The van der Waals surface area contributed by atoms with Gasteiger partial charge in [-0.25, -0.2) is 4.39 Å². The Morgan fingerprint density at radius 1 is 1.19 bits per heavy atom. The largest absolute Gasteiger partial charge is 0.368 e. The molecule has 0 heterocycles. The minimum absolute atomic E-state index is 0.123. The fourth-order valence-electron chi connectivity index (χ4n) is 1.98. The van der Waals surface area contributed by atoms with Gasteiger partial charge in [0.15, 0.2) is 0 Å². The third-order valence-corrected chi connectivity index (χ3v) is 3.77. The number of carbonyl (C=O) groups excluding carboxylic acids is 1. The number of rotatable bonds is 4. The van der Waals surface area contributed by atoms with Crippen LogP contribution in [0.15, 0.2) is 42.5 Å². The van der Waals surface area contributed by atoms with Crippen molar-refractivity contribution in [3.8, 4) is 0 Å². The Balaban J connectivity index is 2.45. The van der Waals surface area contributed by atoms with Gasteiger partial charge in [-0.3, -0.25) is 4.79 Å². The molecule has 0 spiro atoms. The molecule has 0 aliphatic rings. The molecule has 0 bridgehead atoms. The Bertz CT molecular complexity index is 676. The monoisotopic (exact) mass is 326 g/mol. The van der Waals surface area contributed by atoms with Crippen molar-refractivity contribution < 1.29 is 9.18 Å². The van der Waals surface area contributed by atoms with Gasteiger partial charge in [-0.05, 0) is 43.3 Å². The second-order valence-electron chi connectivity index (χ2n) is 4.75. The highest BCUT2D eigenvalue weighted by Gasteiger charge is 2.35. The van der Waals surface area contributed by atoms with Crippen molar-refractivity contribution in [1.82, 2.24) is 0 Å². The van der Waals surface area contributed by atoms with Crippen LogP contribution in [0.2, 0.25) is 10.0 Å². The molecule has 21 heavy (non-hydrogen) atoms. The number of halogens is 3. The molecule has 2 rings (SSSR count). The summed E-state index contributed by atoms with van der Waals surface area (Å²) in [5, 5.41) is 3.71. The molecule has 1 atom stereocenters. The zero-order valence-electron chi connectivity index (χ0n) is 11.2. The van der Waals surface area contributed by atoms with Gasteiger partial charge in [0.05, 0.1) is 0 Å². The lowest BCUT2D eigenvalue weighted by Crippen LogP contribution is -2.45. The van der Waals surface area contributed by atoms with E-state index in [0.29, 0.717) is 16.3 Å². The normalized spacial score (nSPS) is 13.5. The maximum atomic E-state index is 13.2. The molecule has 0 fully saturated rings. The highest BCUT2D eigenvalue weighted by molar-refractivity contribution is 6.32. The van der Waals surface area contributed by atoms with E-state index < -0.39 is 17.3 Å². The van der Waals surface area contributed by atoms with Crippen molar-refractivity contribution in [2.75, 3.05) is 5.32 Å². The van der Waals surface area contributed by atoms with Gasteiger partial charge in [0.1, 0.15) is 11.4 Å². The number of carbonyl (C=O) groups is 1. The van der Waals surface area contributed by atoms with Crippen LogP contribution in [0.25, 0.3) is 0 Å². The van der Waals surface area contributed by atoms with Crippen molar-refractivity contribution in [1.29, 1.82) is 0 Å². The molecule has 3 N–H and O–H groups in total. The SMILES string of the molecule is CC(Nc1ccc(Cl)cc1)(C(N)=O)c1ccc(F)cc1Cl. The number of anilines is 1. The molecule has 0 aromatic heterocycles. The van der Waals surface area contributed by atoms with Crippen LogP contribution in [0.3, 0.4) is 0 Å². The lowest BCUT2D eigenvalue weighted by Gasteiger charge is -2.30. The summed E-state index contributed by atoms with van der Waals surface area (Å²) in [6.45, 7) is 1.59.